The van der Waals surface area contributed by atoms with E-state index in [9.17, 15) is 9.59 Å². The zero-order chi connectivity index (χ0) is 17.5. The maximum Gasteiger partial charge on any atom is 0.319 e. The minimum atomic E-state index is -0.268. The van der Waals surface area contributed by atoms with Gasteiger partial charge in [0.15, 0.2) is 0 Å². The van der Waals surface area contributed by atoms with Crippen LogP contribution in [-0.2, 0) is 0 Å². The second-order valence-corrected chi connectivity index (χ2v) is 5.48. The van der Waals surface area contributed by atoms with E-state index in [1.807, 2.05) is 13.8 Å². The molecule has 3 N–H and O–H groups in total. The molecule has 0 aliphatic rings. The van der Waals surface area contributed by atoms with E-state index in [1.54, 1.807) is 48.5 Å². The van der Waals surface area contributed by atoms with Gasteiger partial charge in [0.05, 0.1) is 12.7 Å². The number of hydrogen-bond donors (Lipinski definition) is 3. The highest BCUT2D eigenvalue weighted by Crippen LogP contribution is 2.20. The number of carbonyl (C=O) groups is 2. The Bertz CT molecular complexity index is 712. The Morgan fingerprint density at radius 3 is 2.08 bits per heavy atom. The summed E-state index contributed by atoms with van der Waals surface area (Å²) in [5, 5.41) is 8.26. The van der Waals surface area contributed by atoms with Crippen molar-refractivity contribution in [3.8, 4) is 5.75 Å². The molecule has 0 atom stereocenters. The number of amides is 3. The molecule has 0 unspecified atom stereocenters. The number of carbonyl (C=O) groups excluding carboxylic acids is 2. The lowest BCUT2D eigenvalue weighted by Gasteiger charge is -2.11. The van der Waals surface area contributed by atoms with Gasteiger partial charge in [-0.25, -0.2) is 4.79 Å². The van der Waals surface area contributed by atoms with Gasteiger partial charge in [-0.05, 0) is 50.2 Å². The van der Waals surface area contributed by atoms with Gasteiger partial charge in [-0.1, -0.05) is 12.1 Å². The Morgan fingerprint density at radius 1 is 0.917 bits per heavy atom. The van der Waals surface area contributed by atoms with E-state index < -0.39 is 0 Å². The number of rotatable bonds is 5. The molecule has 0 radical (unpaired) electrons. The molecule has 2 aromatic carbocycles. The number of nitrogens with one attached hydrogen (secondary N) is 3. The third-order valence-corrected chi connectivity index (χ3v) is 3.17. The normalized spacial score (nSPS) is 10.2. The molecule has 0 aliphatic carbocycles. The fourth-order valence-corrected chi connectivity index (χ4v) is 2.10. The summed E-state index contributed by atoms with van der Waals surface area (Å²) in [6.45, 7) is 3.77. The molecular formula is C18H21N3O3. The van der Waals surface area contributed by atoms with Crippen LogP contribution >= 0.6 is 0 Å². The number of ether oxygens (including phenoxy) is 1. The van der Waals surface area contributed by atoms with Gasteiger partial charge < -0.3 is 20.7 Å². The highest BCUT2D eigenvalue weighted by atomic mass is 16.5. The smallest absolute Gasteiger partial charge is 0.319 e. The number of benzene rings is 2. The second kappa shape index (κ2) is 8.01. The van der Waals surface area contributed by atoms with Crippen molar-refractivity contribution in [3.63, 3.8) is 0 Å². The van der Waals surface area contributed by atoms with Crippen LogP contribution in [-0.4, -0.2) is 25.1 Å². The molecule has 0 aliphatic heterocycles. The third-order valence-electron chi connectivity index (χ3n) is 3.17. The van der Waals surface area contributed by atoms with Crippen molar-refractivity contribution in [1.82, 2.24) is 5.32 Å². The first-order valence-electron chi connectivity index (χ1n) is 7.61. The lowest BCUT2D eigenvalue weighted by atomic mass is 10.2. The molecule has 0 fully saturated rings. The van der Waals surface area contributed by atoms with E-state index in [4.69, 9.17) is 4.74 Å². The number of hydrogen-bond acceptors (Lipinski definition) is 3. The monoisotopic (exact) mass is 327 g/mol. The molecule has 0 spiro atoms. The van der Waals surface area contributed by atoms with Crippen molar-refractivity contribution in [2.45, 2.75) is 19.9 Å². The van der Waals surface area contributed by atoms with E-state index in [1.165, 1.54) is 7.11 Å². The van der Waals surface area contributed by atoms with Gasteiger partial charge in [0, 0.05) is 17.4 Å². The van der Waals surface area contributed by atoms with Crippen molar-refractivity contribution >= 4 is 23.3 Å². The van der Waals surface area contributed by atoms with Crippen LogP contribution in [0.25, 0.3) is 0 Å². The molecule has 6 heteroatoms. The molecule has 0 heterocycles. The Hall–Kier alpha value is -3.02. The van der Waals surface area contributed by atoms with Gasteiger partial charge in [0.1, 0.15) is 5.75 Å². The van der Waals surface area contributed by atoms with Gasteiger partial charge in [0.25, 0.3) is 5.91 Å². The van der Waals surface area contributed by atoms with Crippen LogP contribution < -0.4 is 20.7 Å². The van der Waals surface area contributed by atoms with Crippen molar-refractivity contribution in [1.29, 1.82) is 0 Å². The zero-order valence-corrected chi connectivity index (χ0v) is 13.9. The van der Waals surface area contributed by atoms with Crippen molar-refractivity contribution in [2.75, 3.05) is 17.7 Å². The summed E-state index contributed by atoms with van der Waals surface area (Å²) in [7, 11) is 1.52. The predicted molar refractivity (Wildman–Crippen MR) is 94.7 cm³/mol. The molecule has 0 saturated heterocycles. The molecule has 3 amide bonds. The van der Waals surface area contributed by atoms with E-state index in [2.05, 4.69) is 16.0 Å². The largest absolute Gasteiger partial charge is 0.496 e. The standard InChI is InChI=1S/C18H21N3O3/c1-12(2)19-18(23)21-14-10-8-13(9-11-14)20-17(22)15-6-4-5-7-16(15)24-3/h4-12H,1-3H3,(H,20,22)(H2,19,21,23). The van der Waals surface area contributed by atoms with Crippen molar-refractivity contribution < 1.29 is 14.3 Å². The molecular weight excluding hydrogens is 306 g/mol. The van der Waals surface area contributed by atoms with Gasteiger partial charge in [-0.15, -0.1) is 0 Å². The zero-order valence-electron chi connectivity index (χ0n) is 13.9. The fourth-order valence-electron chi connectivity index (χ4n) is 2.10. The lowest BCUT2D eigenvalue weighted by Crippen LogP contribution is -2.34. The Morgan fingerprint density at radius 2 is 1.50 bits per heavy atom. The van der Waals surface area contributed by atoms with Crippen LogP contribution in [0, 0.1) is 0 Å². The molecule has 0 aromatic heterocycles. The molecule has 24 heavy (non-hydrogen) atoms. The summed E-state index contributed by atoms with van der Waals surface area (Å²) >= 11 is 0. The van der Waals surface area contributed by atoms with E-state index in [-0.39, 0.29) is 18.0 Å². The van der Waals surface area contributed by atoms with Crippen LogP contribution in [0.15, 0.2) is 48.5 Å². The maximum atomic E-state index is 12.3. The average molecular weight is 327 g/mol. The fraction of sp³-hybridized carbons (Fsp3) is 0.222. The number of urea groups is 1. The first-order valence-corrected chi connectivity index (χ1v) is 7.61. The first kappa shape index (κ1) is 17.3. The summed E-state index contributed by atoms with van der Waals surface area (Å²) in [5.41, 5.74) is 1.72. The Kier molecular flexibility index (Phi) is 5.78. The minimum Gasteiger partial charge on any atom is -0.496 e. The summed E-state index contributed by atoms with van der Waals surface area (Å²) in [6.07, 6.45) is 0. The molecule has 0 bridgehead atoms. The van der Waals surface area contributed by atoms with Crippen LogP contribution in [0.3, 0.4) is 0 Å². The lowest BCUT2D eigenvalue weighted by molar-refractivity contribution is 0.102. The Balaban J connectivity index is 2.01. The highest BCUT2D eigenvalue weighted by Gasteiger charge is 2.11. The van der Waals surface area contributed by atoms with Gasteiger partial charge in [0.2, 0.25) is 0 Å². The SMILES string of the molecule is COc1ccccc1C(=O)Nc1ccc(NC(=O)NC(C)C)cc1. The number of anilines is 2. The first-order chi connectivity index (χ1) is 11.5. The van der Waals surface area contributed by atoms with Gasteiger partial charge in [-0.2, -0.15) is 0 Å². The predicted octanol–water partition coefficient (Wildman–Crippen LogP) is 3.48. The van der Waals surface area contributed by atoms with E-state index >= 15 is 0 Å². The van der Waals surface area contributed by atoms with Crippen molar-refractivity contribution in [3.05, 3.63) is 54.1 Å². The van der Waals surface area contributed by atoms with Crippen LogP contribution in [0.2, 0.25) is 0 Å². The van der Waals surface area contributed by atoms with Crippen LogP contribution in [0.4, 0.5) is 16.2 Å². The van der Waals surface area contributed by atoms with Crippen LogP contribution in [0.1, 0.15) is 24.2 Å². The molecule has 126 valence electrons. The van der Waals surface area contributed by atoms with Crippen molar-refractivity contribution in [2.24, 2.45) is 0 Å². The summed E-state index contributed by atoms with van der Waals surface area (Å²) < 4.78 is 5.18. The Labute approximate surface area is 141 Å². The second-order valence-electron chi connectivity index (χ2n) is 5.48. The van der Waals surface area contributed by atoms with E-state index in [0.29, 0.717) is 22.7 Å². The van der Waals surface area contributed by atoms with E-state index in [0.717, 1.165) is 0 Å². The third kappa shape index (κ3) is 4.74. The van der Waals surface area contributed by atoms with Gasteiger partial charge in [-0.3, -0.25) is 4.79 Å². The average Bonchev–Trinajstić information content (AvgIpc) is 2.55. The summed E-state index contributed by atoms with van der Waals surface area (Å²) in [6, 6.07) is 13.7. The minimum absolute atomic E-state index is 0.0596. The summed E-state index contributed by atoms with van der Waals surface area (Å²) in [5.74, 6) is 0.254. The molecule has 2 aromatic rings. The quantitative estimate of drug-likeness (QED) is 0.786. The molecule has 0 saturated carbocycles. The maximum absolute atomic E-state index is 12.3. The number of methoxy groups -OCH3 is 1. The topological polar surface area (TPSA) is 79.5 Å². The molecule has 6 nitrogen and oxygen atoms in total. The van der Waals surface area contributed by atoms with Gasteiger partial charge >= 0.3 is 6.03 Å². The number of para-hydroxylation sites is 1. The summed E-state index contributed by atoms with van der Waals surface area (Å²) in [4.78, 5) is 23.9. The molecule has 2 rings (SSSR count). The van der Waals surface area contributed by atoms with Crippen LogP contribution in [0.5, 0.6) is 5.75 Å². The highest BCUT2D eigenvalue weighted by molar-refractivity contribution is 6.06.